The van der Waals surface area contributed by atoms with Crippen LogP contribution in [0.4, 0.5) is 5.69 Å². The van der Waals surface area contributed by atoms with Crippen LogP contribution in [0.2, 0.25) is 0 Å². The van der Waals surface area contributed by atoms with Crippen molar-refractivity contribution in [1.82, 2.24) is 4.90 Å². The second kappa shape index (κ2) is 5.90. The van der Waals surface area contributed by atoms with E-state index in [4.69, 9.17) is 4.74 Å². The highest BCUT2D eigenvalue weighted by Crippen LogP contribution is 2.25. The SMILES string of the molecule is CCN1CC(C(=O)Oc2ccc([N+](=O)[O-])c(C)c2)CC1=O. The van der Waals surface area contributed by atoms with Gasteiger partial charge in [-0.2, -0.15) is 0 Å². The van der Waals surface area contributed by atoms with Gasteiger partial charge in [0.15, 0.2) is 0 Å². The van der Waals surface area contributed by atoms with Crippen molar-refractivity contribution in [3.05, 3.63) is 33.9 Å². The topological polar surface area (TPSA) is 89.8 Å². The van der Waals surface area contributed by atoms with Gasteiger partial charge in [-0.1, -0.05) is 0 Å². The van der Waals surface area contributed by atoms with Crippen molar-refractivity contribution in [2.45, 2.75) is 20.3 Å². The molecule has 0 N–H and O–H groups in total. The van der Waals surface area contributed by atoms with E-state index in [0.717, 1.165) is 0 Å². The van der Waals surface area contributed by atoms with Crippen LogP contribution in [0, 0.1) is 23.0 Å². The highest BCUT2D eigenvalue weighted by Gasteiger charge is 2.34. The number of amides is 1. The van der Waals surface area contributed by atoms with Crippen molar-refractivity contribution in [1.29, 1.82) is 0 Å². The molecule has 7 heteroatoms. The Kier molecular flexibility index (Phi) is 4.21. The number of nitro groups is 1. The minimum absolute atomic E-state index is 0.0250. The summed E-state index contributed by atoms with van der Waals surface area (Å²) in [6, 6.07) is 4.14. The third-order valence-electron chi connectivity index (χ3n) is 3.51. The summed E-state index contributed by atoms with van der Waals surface area (Å²) < 4.78 is 5.21. The monoisotopic (exact) mass is 292 g/mol. The number of aryl methyl sites for hydroxylation is 1. The van der Waals surface area contributed by atoms with Crippen molar-refractivity contribution < 1.29 is 19.2 Å². The Balaban J connectivity index is 2.05. The molecule has 1 atom stereocenters. The Morgan fingerprint density at radius 1 is 1.52 bits per heavy atom. The first kappa shape index (κ1) is 15.0. The van der Waals surface area contributed by atoms with Crippen LogP contribution < -0.4 is 4.74 Å². The summed E-state index contributed by atoms with van der Waals surface area (Å²) >= 11 is 0. The third kappa shape index (κ3) is 3.18. The Bertz CT molecular complexity index is 599. The molecule has 0 saturated carbocycles. The van der Waals surface area contributed by atoms with Crippen LogP contribution in [0.5, 0.6) is 5.75 Å². The lowest BCUT2D eigenvalue weighted by molar-refractivity contribution is -0.385. The van der Waals surface area contributed by atoms with Crippen molar-refractivity contribution in [3.63, 3.8) is 0 Å². The van der Waals surface area contributed by atoms with E-state index in [-0.39, 0.29) is 23.8 Å². The van der Waals surface area contributed by atoms with E-state index in [2.05, 4.69) is 0 Å². The van der Waals surface area contributed by atoms with E-state index in [1.807, 2.05) is 6.92 Å². The molecule has 1 unspecified atom stereocenters. The van der Waals surface area contributed by atoms with Gasteiger partial charge in [0, 0.05) is 31.1 Å². The highest BCUT2D eigenvalue weighted by atomic mass is 16.6. The predicted molar refractivity (Wildman–Crippen MR) is 73.8 cm³/mol. The lowest BCUT2D eigenvalue weighted by Crippen LogP contribution is -2.27. The van der Waals surface area contributed by atoms with Gasteiger partial charge < -0.3 is 9.64 Å². The molecule has 1 aromatic rings. The Labute approximate surface area is 121 Å². The van der Waals surface area contributed by atoms with E-state index in [1.54, 1.807) is 11.8 Å². The number of nitrogens with zero attached hydrogens (tertiary/aromatic N) is 2. The number of carbonyl (C=O) groups excluding carboxylic acids is 2. The highest BCUT2D eigenvalue weighted by molar-refractivity contribution is 5.87. The number of hydrogen-bond donors (Lipinski definition) is 0. The van der Waals surface area contributed by atoms with Crippen LogP contribution in [0.25, 0.3) is 0 Å². The van der Waals surface area contributed by atoms with Gasteiger partial charge in [-0.05, 0) is 26.0 Å². The second-order valence-corrected chi connectivity index (χ2v) is 4.96. The lowest BCUT2D eigenvalue weighted by Gasteiger charge is -2.13. The molecule has 1 aliphatic rings. The maximum atomic E-state index is 12.0. The quantitative estimate of drug-likeness (QED) is 0.364. The van der Waals surface area contributed by atoms with Crippen LogP contribution in [-0.2, 0) is 9.59 Å². The van der Waals surface area contributed by atoms with E-state index >= 15 is 0 Å². The minimum Gasteiger partial charge on any atom is -0.426 e. The molecule has 2 rings (SSSR count). The number of esters is 1. The molecule has 0 aliphatic carbocycles. The van der Waals surface area contributed by atoms with E-state index in [1.165, 1.54) is 18.2 Å². The van der Waals surface area contributed by atoms with E-state index in [9.17, 15) is 19.7 Å². The van der Waals surface area contributed by atoms with Gasteiger partial charge >= 0.3 is 5.97 Å². The zero-order chi connectivity index (χ0) is 15.6. The number of nitro benzene ring substituents is 1. The van der Waals surface area contributed by atoms with Crippen molar-refractivity contribution >= 4 is 17.6 Å². The zero-order valence-corrected chi connectivity index (χ0v) is 11.9. The number of carbonyl (C=O) groups is 2. The number of likely N-dealkylation sites (tertiary alicyclic amines) is 1. The normalized spacial score (nSPS) is 17.9. The van der Waals surface area contributed by atoms with E-state index < -0.39 is 16.8 Å². The summed E-state index contributed by atoms with van der Waals surface area (Å²) in [5, 5.41) is 10.7. The maximum absolute atomic E-state index is 12.0. The molecular formula is C14H16N2O5. The summed E-state index contributed by atoms with van der Waals surface area (Å²) in [5.74, 6) is -0.759. The smallest absolute Gasteiger partial charge is 0.316 e. The van der Waals surface area contributed by atoms with Gasteiger partial charge in [-0.25, -0.2) is 0 Å². The first-order chi connectivity index (χ1) is 9.92. The summed E-state index contributed by atoms with van der Waals surface area (Å²) in [4.78, 5) is 35.4. The average molecular weight is 292 g/mol. The fourth-order valence-corrected chi connectivity index (χ4v) is 2.33. The van der Waals surface area contributed by atoms with Crippen LogP contribution in [-0.4, -0.2) is 34.8 Å². The first-order valence-corrected chi connectivity index (χ1v) is 6.67. The standard InChI is InChI=1S/C14H16N2O5/c1-3-15-8-10(7-13(15)17)14(18)21-11-4-5-12(16(19)20)9(2)6-11/h4-6,10H,3,7-8H2,1-2H3. The van der Waals surface area contributed by atoms with Crippen LogP contribution in [0.15, 0.2) is 18.2 Å². The summed E-state index contributed by atoms with van der Waals surface area (Å²) in [6.07, 6.45) is 0.151. The van der Waals surface area contributed by atoms with Gasteiger partial charge in [-0.3, -0.25) is 19.7 Å². The largest absolute Gasteiger partial charge is 0.426 e. The molecular weight excluding hydrogens is 276 g/mol. The fraction of sp³-hybridized carbons (Fsp3) is 0.429. The Morgan fingerprint density at radius 3 is 2.76 bits per heavy atom. The number of benzene rings is 1. The van der Waals surface area contributed by atoms with Crippen LogP contribution >= 0.6 is 0 Å². The molecule has 7 nitrogen and oxygen atoms in total. The Hall–Kier alpha value is -2.44. The van der Waals surface area contributed by atoms with Gasteiger partial charge in [0.1, 0.15) is 5.75 Å². The Morgan fingerprint density at radius 2 is 2.24 bits per heavy atom. The maximum Gasteiger partial charge on any atom is 0.316 e. The van der Waals surface area contributed by atoms with Gasteiger partial charge in [-0.15, -0.1) is 0 Å². The summed E-state index contributed by atoms with van der Waals surface area (Å²) in [7, 11) is 0. The molecule has 112 valence electrons. The molecule has 0 bridgehead atoms. The summed E-state index contributed by atoms with van der Waals surface area (Å²) in [6.45, 7) is 4.36. The van der Waals surface area contributed by atoms with Crippen molar-refractivity contribution in [3.8, 4) is 5.75 Å². The van der Waals surface area contributed by atoms with Crippen LogP contribution in [0.3, 0.4) is 0 Å². The molecule has 1 fully saturated rings. The number of hydrogen-bond acceptors (Lipinski definition) is 5. The number of rotatable bonds is 4. The van der Waals surface area contributed by atoms with Gasteiger partial charge in [0.25, 0.3) is 5.69 Å². The predicted octanol–water partition coefficient (Wildman–Crippen LogP) is 1.68. The molecule has 0 spiro atoms. The molecule has 1 aliphatic heterocycles. The molecule has 1 heterocycles. The second-order valence-electron chi connectivity index (χ2n) is 4.96. The third-order valence-corrected chi connectivity index (χ3v) is 3.51. The lowest BCUT2D eigenvalue weighted by atomic mass is 10.1. The fourth-order valence-electron chi connectivity index (χ4n) is 2.33. The average Bonchev–Trinajstić information content (AvgIpc) is 2.79. The van der Waals surface area contributed by atoms with Gasteiger partial charge in [0.05, 0.1) is 10.8 Å². The zero-order valence-electron chi connectivity index (χ0n) is 11.9. The number of ether oxygens (including phenoxy) is 1. The minimum atomic E-state index is -0.490. The van der Waals surface area contributed by atoms with E-state index in [0.29, 0.717) is 18.7 Å². The van der Waals surface area contributed by atoms with Crippen molar-refractivity contribution in [2.24, 2.45) is 5.92 Å². The van der Waals surface area contributed by atoms with Crippen molar-refractivity contribution in [2.75, 3.05) is 13.1 Å². The molecule has 0 radical (unpaired) electrons. The van der Waals surface area contributed by atoms with Crippen LogP contribution in [0.1, 0.15) is 18.9 Å². The summed E-state index contributed by atoms with van der Waals surface area (Å²) in [5.41, 5.74) is 0.394. The molecule has 1 amide bonds. The molecule has 1 aromatic carbocycles. The molecule has 21 heavy (non-hydrogen) atoms. The molecule has 1 saturated heterocycles. The van der Waals surface area contributed by atoms with Gasteiger partial charge in [0.2, 0.25) is 5.91 Å². The molecule has 0 aromatic heterocycles. The first-order valence-electron chi connectivity index (χ1n) is 6.67.